The van der Waals surface area contributed by atoms with Gasteiger partial charge in [-0.25, -0.2) is 13.6 Å². The molecule has 1 amide bonds. The van der Waals surface area contributed by atoms with Gasteiger partial charge in [-0.15, -0.1) is 0 Å². The number of rotatable bonds is 4. The highest BCUT2D eigenvalue weighted by atomic mass is 35.5. The second-order valence-corrected chi connectivity index (χ2v) is 6.78. The summed E-state index contributed by atoms with van der Waals surface area (Å²) in [6.45, 7) is 1.63. The Bertz CT molecular complexity index is 819. The van der Waals surface area contributed by atoms with Gasteiger partial charge in [0, 0.05) is 10.7 Å². The normalized spacial score (nSPS) is 11.2. The standard InChI is InChI=1S/C15H15ClN2O3S/c1-10-6-7-12(9-14(10)22(17,20)21)18-15(19)8-11-4-2-3-5-13(11)16/h2-7,9H,8H2,1H3,(H,18,19)(H2,17,20,21). The summed E-state index contributed by atoms with van der Waals surface area (Å²) in [5.41, 5.74) is 1.58. The molecule has 0 spiro atoms. The van der Waals surface area contributed by atoms with Gasteiger partial charge in [-0.05, 0) is 36.2 Å². The number of carbonyl (C=O) groups excluding carboxylic acids is 1. The van der Waals surface area contributed by atoms with E-state index in [-0.39, 0.29) is 17.2 Å². The Kier molecular flexibility index (Phi) is 4.85. The predicted octanol–water partition coefficient (Wildman–Crippen LogP) is 2.48. The van der Waals surface area contributed by atoms with Crippen molar-refractivity contribution in [3.8, 4) is 0 Å². The van der Waals surface area contributed by atoms with Crippen molar-refractivity contribution in [2.45, 2.75) is 18.2 Å². The molecule has 0 saturated carbocycles. The molecular weight excluding hydrogens is 324 g/mol. The molecule has 2 aromatic rings. The number of benzene rings is 2. The molecule has 3 N–H and O–H groups in total. The van der Waals surface area contributed by atoms with E-state index in [0.717, 1.165) is 0 Å². The Balaban J connectivity index is 2.18. The molecular formula is C15H15ClN2O3S. The second kappa shape index (κ2) is 6.48. The maximum atomic E-state index is 12.0. The highest BCUT2D eigenvalue weighted by Gasteiger charge is 2.13. The van der Waals surface area contributed by atoms with Crippen LogP contribution >= 0.6 is 11.6 Å². The topological polar surface area (TPSA) is 89.3 Å². The minimum absolute atomic E-state index is 0.0111. The molecule has 0 bridgehead atoms. The van der Waals surface area contributed by atoms with Crippen LogP contribution in [0.1, 0.15) is 11.1 Å². The summed E-state index contributed by atoms with van der Waals surface area (Å²) in [6.07, 6.45) is 0.0955. The Labute approximate surface area is 134 Å². The number of sulfonamides is 1. The number of nitrogens with one attached hydrogen (secondary N) is 1. The number of aryl methyl sites for hydroxylation is 1. The van der Waals surface area contributed by atoms with E-state index in [1.54, 1.807) is 43.3 Å². The lowest BCUT2D eigenvalue weighted by atomic mass is 10.1. The minimum Gasteiger partial charge on any atom is -0.326 e. The van der Waals surface area contributed by atoms with E-state index in [9.17, 15) is 13.2 Å². The van der Waals surface area contributed by atoms with Crippen molar-refractivity contribution < 1.29 is 13.2 Å². The fourth-order valence-corrected chi connectivity index (χ4v) is 3.01. The Morgan fingerprint density at radius 2 is 1.91 bits per heavy atom. The van der Waals surface area contributed by atoms with E-state index in [2.05, 4.69) is 5.32 Å². The zero-order valence-electron chi connectivity index (χ0n) is 11.8. The molecule has 5 nitrogen and oxygen atoms in total. The van der Waals surface area contributed by atoms with Crippen LogP contribution in [0.2, 0.25) is 5.02 Å². The molecule has 0 fully saturated rings. The molecule has 0 aliphatic rings. The van der Waals surface area contributed by atoms with Crippen LogP contribution in [0.3, 0.4) is 0 Å². The number of carbonyl (C=O) groups is 1. The summed E-state index contributed by atoms with van der Waals surface area (Å²) in [5.74, 6) is -0.294. The molecule has 0 aliphatic carbocycles. The van der Waals surface area contributed by atoms with Crippen molar-refractivity contribution in [2.75, 3.05) is 5.32 Å². The van der Waals surface area contributed by atoms with Gasteiger partial charge in [0.1, 0.15) is 0 Å². The molecule has 0 saturated heterocycles. The second-order valence-electron chi connectivity index (χ2n) is 4.84. The van der Waals surface area contributed by atoms with Crippen molar-refractivity contribution in [1.82, 2.24) is 0 Å². The van der Waals surface area contributed by atoms with Gasteiger partial charge in [-0.1, -0.05) is 35.9 Å². The molecule has 2 aromatic carbocycles. The quantitative estimate of drug-likeness (QED) is 0.897. The Morgan fingerprint density at radius 1 is 1.23 bits per heavy atom. The largest absolute Gasteiger partial charge is 0.326 e. The third-order valence-corrected chi connectivity index (χ3v) is 4.51. The molecule has 0 radical (unpaired) electrons. The van der Waals surface area contributed by atoms with Crippen molar-refractivity contribution in [2.24, 2.45) is 5.14 Å². The van der Waals surface area contributed by atoms with Gasteiger partial charge in [-0.3, -0.25) is 4.79 Å². The lowest BCUT2D eigenvalue weighted by molar-refractivity contribution is -0.115. The molecule has 0 aromatic heterocycles. The van der Waals surface area contributed by atoms with Crippen LogP contribution in [0.15, 0.2) is 47.4 Å². The fourth-order valence-electron chi connectivity index (χ4n) is 2.00. The maximum Gasteiger partial charge on any atom is 0.238 e. The Hall–Kier alpha value is -1.89. The summed E-state index contributed by atoms with van der Waals surface area (Å²) >= 11 is 6.00. The molecule has 0 unspecified atom stereocenters. The predicted molar refractivity (Wildman–Crippen MR) is 86.3 cm³/mol. The highest BCUT2D eigenvalue weighted by Crippen LogP contribution is 2.20. The van der Waals surface area contributed by atoms with Gasteiger partial charge in [-0.2, -0.15) is 0 Å². The third kappa shape index (κ3) is 4.07. The SMILES string of the molecule is Cc1ccc(NC(=O)Cc2ccccc2Cl)cc1S(N)(=O)=O. The number of primary sulfonamides is 1. The van der Waals surface area contributed by atoms with Crippen molar-refractivity contribution in [3.63, 3.8) is 0 Å². The van der Waals surface area contributed by atoms with Gasteiger partial charge in [0.05, 0.1) is 11.3 Å². The molecule has 7 heteroatoms. The zero-order valence-corrected chi connectivity index (χ0v) is 13.4. The number of hydrogen-bond donors (Lipinski definition) is 2. The summed E-state index contributed by atoms with van der Waals surface area (Å²) in [7, 11) is -3.83. The van der Waals surface area contributed by atoms with Gasteiger partial charge in [0.2, 0.25) is 15.9 Å². The van der Waals surface area contributed by atoms with E-state index in [1.165, 1.54) is 6.07 Å². The summed E-state index contributed by atoms with van der Waals surface area (Å²) < 4.78 is 23.0. The first-order chi connectivity index (χ1) is 10.3. The average molecular weight is 339 g/mol. The van der Waals surface area contributed by atoms with Crippen molar-refractivity contribution >= 4 is 33.2 Å². The van der Waals surface area contributed by atoms with Crippen LogP contribution in [0, 0.1) is 6.92 Å². The number of anilines is 1. The number of nitrogens with two attached hydrogens (primary N) is 1. The molecule has 22 heavy (non-hydrogen) atoms. The van der Waals surface area contributed by atoms with E-state index in [4.69, 9.17) is 16.7 Å². The van der Waals surface area contributed by atoms with Crippen LogP contribution in [-0.2, 0) is 21.2 Å². The lowest BCUT2D eigenvalue weighted by Gasteiger charge is -2.09. The first-order valence-corrected chi connectivity index (χ1v) is 8.36. The average Bonchev–Trinajstić information content (AvgIpc) is 2.42. The molecule has 0 aliphatic heterocycles. The Morgan fingerprint density at radius 3 is 2.55 bits per heavy atom. The van der Waals surface area contributed by atoms with Crippen molar-refractivity contribution in [3.05, 3.63) is 58.6 Å². The van der Waals surface area contributed by atoms with Crippen molar-refractivity contribution in [1.29, 1.82) is 0 Å². The first kappa shape index (κ1) is 16.5. The van der Waals surface area contributed by atoms with Gasteiger partial charge in [0.25, 0.3) is 0 Å². The fraction of sp³-hybridized carbons (Fsp3) is 0.133. The lowest BCUT2D eigenvalue weighted by Crippen LogP contribution is -2.17. The van der Waals surface area contributed by atoms with Crippen LogP contribution < -0.4 is 10.5 Å². The van der Waals surface area contributed by atoms with Crippen LogP contribution in [0.4, 0.5) is 5.69 Å². The summed E-state index contributed by atoms with van der Waals surface area (Å²) in [5, 5.41) is 8.29. The first-order valence-electron chi connectivity index (χ1n) is 6.44. The highest BCUT2D eigenvalue weighted by molar-refractivity contribution is 7.89. The molecule has 2 rings (SSSR count). The van der Waals surface area contributed by atoms with Crippen LogP contribution in [0.5, 0.6) is 0 Å². The van der Waals surface area contributed by atoms with Crippen LogP contribution in [0.25, 0.3) is 0 Å². The van der Waals surface area contributed by atoms with Gasteiger partial charge < -0.3 is 5.32 Å². The zero-order chi connectivity index (χ0) is 16.3. The number of amides is 1. The monoisotopic (exact) mass is 338 g/mol. The van der Waals surface area contributed by atoms with Crippen LogP contribution in [-0.4, -0.2) is 14.3 Å². The number of hydrogen-bond acceptors (Lipinski definition) is 3. The molecule has 116 valence electrons. The maximum absolute atomic E-state index is 12.0. The van der Waals surface area contributed by atoms with E-state index in [1.807, 2.05) is 0 Å². The summed E-state index contributed by atoms with van der Waals surface area (Å²) in [6, 6.07) is 11.6. The molecule has 0 atom stereocenters. The molecule has 0 heterocycles. The van der Waals surface area contributed by atoms with Gasteiger partial charge in [0.15, 0.2) is 0 Å². The smallest absolute Gasteiger partial charge is 0.238 e. The van der Waals surface area contributed by atoms with Gasteiger partial charge >= 0.3 is 0 Å². The number of halogens is 1. The van der Waals surface area contributed by atoms with E-state index < -0.39 is 10.0 Å². The van der Waals surface area contributed by atoms with E-state index in [0.29, 0.717) is 21.8 Å². The summed E-state index contributed by atoms with van der Waals surface area (Å²) in [4.78, 5) is 12.0. The van der Waals surface area contributed by atoms with E-state index >= 15 is 0 Å². The third-order valence-electron chi connectivity index (χ3n) is 3.09. The minimum atomic E-state index is -3.83.